The third-order valence-corrected chi connectivity index (χ3v) is 5.49. The highest BCUT2D eigenvalue weighted by Gasteiger charge is 2.22. The summed E-state index contributed by atoms with van der Waals surface area (Å²) in [5.41, 5.74) is 2.31. The molecule has 2 aliphatic heterocycles. The van der Waals surface area contributed by atoms with Crippen molar-refractivity contribution in [3.05, 3.63) is 23.3 Å². The highest BCUT2D eigenvalue weighted by atomic mass is 16.5. The van der Waals surface area contributed by atoms with Crippen LogP contribution in [0.3, 0.4) is 0 Å². The monoisotopic (exact) mass is 418 g/mol. The molecular weight excluding hydrogens is 380 g/mol. The average molecular weight is 419 g/mol. The number of rotatable bonds is 8. The second-order valence-electron chi connectivity index (χ2n) is 8.36. The van der Waals surface area contributed by atoms with Crippen LogP contribution in [0.2, 0.25) is 0 Å². The van der Waals surface area contributed by atoms with Gasteiger partial charge in [0.25, 0.3) is 0 Å². The summed E-state index contributed by atoms with van der Waals surface area (Å²) in [6.07, 6.45) is 2.86. The fraction of sp³-hybridized carbons (Fsp3) is 0.696. The van der Waals surface area contributed by atoms with Crippen molar-refractivity contribution in [2.45, 2.75) is 65.4 Å². The summed E-state index contributed by atoms with van der Waals surface area (Å²) < 4.78 is 17.6. The Labute approximate surface area is 181 Å². The molecule has 7 nitrogen and oxygen atoms in total. The van der Waals surface area contributed by atoms with E-state index in [1.807, 2.05) is 6.92 Å². The lowest BCUT2D eigenvalue weighted by molar-refractivity contribution is -0.0679. The summed E-state index contributed by atoms with van der Waals surface area (Å²) in [5.74, 6) is 2.70. The number of morpholine rings is 1. The second kappa shape index (κ2) is 10.9. The van der Waals surface area contributed by atoms with E-state index in [9.17, 15) is 0 Å². The molecule has 3 unspecified atom stereocenters. The Morgan fingerprint density at radius 3 is 2.63 bits per heavy atom. The van der Waals surface area contributed by atoms with E-state index in [0.717, 1.165) is 62.0 Å². The van der Waals surface area contributed by atoms with Gasteiger partial charge >= 0.3 is 0 Å². The van der Waals surface area contributed by atoms with Crippen LogP contribution in [0.5, 0.6) is 11.5 Å². The van der Waals surface area contributed by atoms with Gasteiger partial charge in [-0.15, -0.1) is 0 Å². The molecule has 1 saturated heterocycles. The second-order valence-corrected chi connectivity index (χ2v) is 8.36. The van der Waals surface area contributed by atoms with E-state index < -0.39 is 0 Å². The zero-order valence-corrected chi connectivity index (χ0v) is 19.2. The van der Waals surface area contributed by atoms with Crippen LogP contribution >= 0.6 is 0 Å². The van der Waals surface area contributed by atoms with Crippen molar-refractivity contribution in [1.82, 2.24) is 15.5 Å². The average Bonchev–Trinajstić information content (AvgIpc) is 3.05. The molecule has 1 aromatic carbocycles. The van der Waals surface area contributed by atoms with Crippen molar-refractivity contribution in [3.8, 4) is 11.5 Å². The third-order valence-electron chi connectivity index (χ3n) is 5.49. The van der Waals surface area contributed by atoms with E-state index in [2.05, 4.69) is 53.4 Å². The first-order valence-corrected chi connectivity index (χ1v) is 11.3. The van der Waals surface area contributed by atoms with E-state index >= 15 is 0 Å². The van der Waals surface area contributed by atoms with Gasteiger partial charge in [-0.3, -0.25) is 9.89 Å². The summed E-state index contributed by atoms with van der Waals surface area (Å²) in [4.78, 5) is 6.84. The molecule has 2 N–H and O–H groups in total. The lowest BCUT2D eigenvalue weighted by Crippen LogP contribution is -2.46. The van der Waals surface area contributed by atoms with Crippen LogP contribution in [0.15, 0.2) is 17.1 Å². The van der Waals surface area contributed by atoms with Gasteiger partial charge in [-0.1, -0.05) is 0 Å². The van der Waals surface area contributed by atoms with Crippen LogP contribution in [-0.2, 0) is 17.7 Å². The number of guanidine groups is 1. The van der Waals surface area contributed by atoms with Gasteiger partial charge in [0.15, 0.2) is 5.96 Å². The summed E-state index contributed by atoms with van der Waals surface area (Å²) in [5, 5.41) is 6.83. The first kappa shape index (κ1) is 22.7. The molecule has 0 amide bonds. The predicted octanol–water partition coefficient (Wildman–Crippen LogP) is 2.57. The molecule has 3 atom stereocenters. The first-order valence-electron chi connectivity index (χ1n) is 11.3. The lowest BCUT2D eigenvalue weighted by Gasteiger charge is -2.35. The minimum atomic E-state index is 0.226. The topological polar surface area (TPSA) is 67.4 Å². The third kappa shape index (κ3) is 6.25. The van der Waals surface area contributed by atoms with Crippen LogP contribution in [-0.4, -0.2) is 69.0 Å². The lowest BCUT2D eigenvalue weighted by atomic mass is 10.1. The van der Waals surface area contributed by atoms with E-state index in [-0.39, 0.29) is 6.10 Å². The minimum Gasteiger partial charge on any atom is -0.494 e. The van der Waals surface area contributed by atoms with Crippen molar-refractivity contribution in [2.24, 2.45) is 4.99 Å². The first-order chi connectivity index (χ1) is 14.5. The van der Waals surface area contributed by atoms with Crippen LogP contribution < -0.4 is 20.1 Å². The zero-order chi connectivity index (χ0) is 21.5. The summed E-state index contributed by atoms with van der Waals surface area (Å²) in [7, 11) is 1.80. The van der Waals surface area contributed by atoms with Gasteiger partial charge in [-0.25, -0.2) is 0 Å². The molecule has 1 aromatic rings. The molecule has 0 aliphatic carbocycles. The minimum absolute atomic E-state index is 0.226. The molecule has 2 aliphatic rings. The van der Waals surface area contributed by atoms with Crippen LogP contribution in [0, 0.1) is 0 Å². The van der Waals surface area contributed by atoms with Gasteiger partial charge in [0.05, 0.1) is 18.8 Å². The molecule has 2 heterocycles. The Balaban J connectivity index is 1.47. The number of benzene rings is 1. The molecule has 0 aromatic heterocycles. The fourth-order valence-corrected chi connectivity index (χ4v) is 4.29. The molecule has 7 heteroatoms. The van der Waals surface area contributed by atoms with E-state index in [1.54, 1.807) is 7.05 Å². The van der Waals surface area contributed by atoms with Gasteiger partial charge in [0.2, 0.25) is 0 Å². The SMILES string of the molecule is CCOc1cc2c(cc1CNC(=NC)NCCCN1CC(C)OC(C)C1)OC(C)C2. The van der Waals surface area contributed by atoms with Gasteiger partial charge in [-0.05, 0) is 46.2 Å². The Hall–Kier alpha value is -1.99. The molecule has 1 fully saturated rings. The van der Waals surface area contributed by atoms with Crippen molar-refractivity contribution < 1.29 is 14.2 Å². The summed E-state index contributed by atoms with van der Waals surface area (Å²) >= 11 is 0. The van der Waals surface area contributed by atoms with Crippen molar-refractivity contribution in [1.29, 1.82) is 0 Å². The highest BCUT2D eigenvalue weighted by molar-refractivity contribution is 5.79. The van der Waals surface area contributed by atoms with Crippen LogP contribution in [0.1, 0.15) is 45.2 Å². The Morgan fingerprint density at radius 1 is 1.17 bits per heavy atom. The Morgan fingerprint density at radius 2 is 1.93 bits per heavy atom. The Bertz CT molecular complexity index is 715. The predicted molar refractivity (Wildman–Crippen MR) is 121 cm³/mol. The van der Waals surface area contributed by atoms with E-state index in [0.29, 0.717) is 25.4 Å². The molecule has 0 radical (unpaired) electrons. The number of hydrogen-bond donors (Lipinski definition) is 2. The number of nitrogens with zero attached hydrogens (tertiary/aromatic N) is 2. The summed E-state index contributed by atoms with van der Waals surface area (Å²) in [6.45, 7) is 13.7. The fourth-order valence-electron chi connectivity index (χ4n) is 4.29. The van der Waals surface area contributed by atoms with E-state index in [4.69, 9.17) is 14.2 Å². The molecule has 30 heavy (non-hydrogen) atoms. The van der Waals surface area contributed by atoms with Crippen molar-refractivity contribution in [3.63, 3.8) is 0 Å². The number of fused-ring (bicyclic) bond motifs is 1. The van der Waals surface area contributed by atoms with Crippen LogP contribution in [0.4, 0.5) is 0 Å². The molecule has 0 spiro atoms. The molecule has 168 valence electrons. The molecular formula is C23H38N4O3. The van der Waals surface area contributed by atoms with Gasteiger partial charge in [-0.2, -0.15) is 0 Å². The number of hydrogen-bond acceptors (Lipinski definition) is 5. The van der Waals surface area contributed by atoms with Crippen LogP contribution in [0.25, 0.3) is 0 Å². The highest BCUT2D eigenvalue weighted by Crippen LogP contribution is 2.35. The van der Waals surface area contributed by atoms with Gasteiger partial charge < -0.3 is 24.8 Å². The molecule has 3 rings (SSSR count). The zero-order valence-electron chi connectivity index (χ0n) is 19.2. The number of ether oxygens (including phenoxy) is 3. The number of aliphatic imine (C=N–C) groups is 1. The maximum Gasteiger partial charge on any atom is 0.191 e. The van der Waals surface area contributed by atoms with E-state index in [1.165, 1.54) is 5.56 Å². The standard InChI is InChI=1S/C23H38N4O3/c1-6-28-21-11-19-10-16(2)30-22(19)12-20(21)13-26-23(24-5)25-8-7-9-27-14-17(3)29-18(4)15-27/h11-12,16-18H,6-10,13-15H2,1-5H3,(H2,24,25,26). The Kier molecular flexibility index (Phi) is 8.22. The maximum atomic E-state index is 5.92. The van der Waals surface area contributed by atoms with Gasteiger partial charge in [0.1, 0.15) is 17.6 Å². The smallest absolute Gasteiger partial charge is 0.191 e. The van der Waals surface area contributed by atoms with Gasteiger partial charge in [0, 0.05) is 57.3 Å². The summed E-state index contributed by atoms with van der Waals surface area (Å²) in [6, 6.07) is 4.23. The van der Waals surface area contributed by atoms with Crippen molar-refractivity contribution >= 4 is 5.96 Å². The molecule has 0 bridgehead atoms. The normalized spacial score (nSPS) is 24.3. The quantitative estimate of drug-likeness (QED) is 0.384. The number of nitrogens with one attached hydrogen (secondary N) is 2. The maximum absolute atomic E-state index is 5.92. The largest absolute Gasteiger partial charge is 0.494 e. The van der Waals surface area contributed by atoms with Crippen molar-refractivity contribution in [2.75, 3.05) is 39.8 Å². The molecule has 0 saturated carbocycles.